The Hall–Kier alpha value is -10.7. The zero-order chi connectivity index (χ0) is 96.3. The molecule has 130 heavy (non-hydrogen) atoms. The normalized spacial score (nSPS) is 17.7. The summed E-state index contributed by atoms with van der Waals surface area (Å²) in [7, 11) is 5.46. The van der Waals surface area contributed by atoms with Crippen molar-refractivity contribution in [1.29, 1.82) is 10.5 Å². The molecule has 31 nitrogen and oxygen atoms in total. The minimum absolute atomic E-state index is 0.0666. The number of nitrogen functional groups attached to an aromatic ring is 1. The van der Waals surface area contributed by atoms with Gasteiger partial charge in [0.25, 0.3) is 33.9 Å². The molecule has 3 saturated heterocycles. The van der Waals surface area contributed by atoms with Gasteiger partial charge in [-0.15, -0.1) is 0 Å². The molecule has 6 saturated carbocycles. The van der Waals surface area contributed by atoms with E-state index in [1.807, 2.05) is 140 Å². The van der Waals surface area contributed by atoms with Crippen LogP contribution < -0.4 is 50.0 Å². The van der Waals surface area contributed by atoms with Crippen LogP contribution in [0.3, 0.4) is 0 Å². The van der Waals surface area contributed by atoms with Gasteiger partial charge in [0.2, 0.25) is 0 Å². The third-order valence-electron chi connectivity index (χ3n) is 22.7. The van der Waals surface area contributed by atoms with Crippen molar-refractivity contribution in [2.75, 3.05) is 86.1 Å². The first-order valence-electron chi connectivity index (χ1n) is 43.4. The monoisotopic (exact) mass is 1980 g/mol. The Bertz CT molecular complexity index is 4970. The van der Waals surface area contributed by atoms with Crippen molar-refractivity contribution < 1.29 is 93.0 Å². The number of aromatic hydroxyl groups is 1. The fourth-order valence-corrected chi connectivity index (χ4v) is 16.3. The number of anilines is 5. The highest BCUT2D eigenvalue weighted by molar-refractivity contribution is 14.1. The topological polar surface area (TPSA) is 424 Å². The van der Waals surface area contributed by atoms with E-state index in [0.717, 1.165) is 211 Å². The number of phenolic OH excluding ortho intramolecular Hbond substituents is 1. The van der Waals surface area contributed by atoms with Crippen molar-refractivity contribution in [1.82, 2.24) is 15.1 Å². The molecule has 0 bridgehead atoms. The highest BCUT2D eigenvalue weighted by Gasteiger charge is 2.58. The second kappa shape index (κ2) is 54.2. The quantitative estimate of drug-likeness (QED) is 0.00708. The standard InChI is InChI=1S/C16H20N2O3.2C15H18N2O3.C14H18N2O.C9H10O2.C7H9NO.C6H12O3S.C6H10O.C4H9NSi.CClNO3S.CH3I/c1-17-14(19)16(10-4-3-5-11-16)18(15(17)20)12-6-8-13(21-2)9-7-12;1-20-12-7-5-11(6-8-12)17-14(19)16-13(18)15(17)9-3-2-4-10-15;1-16-13(19)15(9-3-2-4-10-15)17(14(16)20)11-5-7-12(18)8-6-11;1-17-13-7-5-12(6-8-13)16-14(11-15)9-3-2-4-10-14;1-8(10)11-7-9-5-3-2-4-6-9;1-9-7-4-2-6(8)3-5-7;1-10(7,8)9-5-6-3-2-4-6;7-6-4-2-1-3-5-6;1-6(2,3)4-5;2-7(5,6)3-1-4;1-2/h6-9H,3-5,10-11H2,1-2H3;5-8H,2-4,9-10H2,1H3,(H,16,18,19);5-8,18H,2-4,9-10H2,1H3;5-8,16H,2-4,9-10H2,1H3;2-6H,7H2,1H3;2-5H,8H2,1H3;6H,2-5H2,1H3;1-5H2;1-3H3;;1H3. The van der Waals surface area contributed by atoms with Crippen LogP contribution in [0.2, 0.25) is 19.6 Å². The van der Waals surface area contributed by atoms with Crippen molar-refractivity contribution in [3.63, 3.8) is 0 Å². The number of alkyl halides is 1. The lowest BCUT2D eigenvalue weighted by Gasteiger charge is -2.38. The van der Waals surface area contributed by atoms with Gasteiger partial charge in [0.05, 0.1) is 47.4 Å². The maximum absolute atomic E-state index is 12.6. The Morgan fingerprint density at radius 1 is 0.562 bits per heavy atom. The lowest BCUT2D eigenvalue weighted by molar-refractivity contribution is -0.142. The number of Topliss-reactive ketones (excluding diaryl/α,β-unsaturated/α-hetero) is 1. The number of imide groups is 3. The van der Waals surface area contributed by atoms with Gasteiger partial charge in [0.15, 0.2) is 8.07 Å². The number of ether oxygens (including phenoxy) is 5. The number of esters is 1. The third-order valence-corrected chi connectivity index (χ3v) is 24.5. The first-order chi connectivity index (χ1) is 61.8. The molecule has 3 heterocycles. The minimum atomic E-state index is -4.00. The number of carbonyl (C=O) groups is 8. The maximum atomic E-state index is 12.6. The summed E-state index contributed by atoms with van der Waals surface area (Å²) >= 11 is 2.15. The number of benzene rings is 6. The molecule has 5 N–H and O–H groups in total. The summed E-state index contributed by atoms with van der Waals surface area (Å²) in [6.45, 7) is 8.23. The van der Waals surface area contributed by atoms with E-state index in [9.17, 15) is 65.6 Å². The maximum Gasteiger partial charge on any atom is 0.350 e. The lowest BCUT2D eigenvalue weighted by atomic mass is 9.80. The van der Waals surface area contributed by atoms with E-state index in [2.05, 4.69) is 64.2 Å². The number of hydrogen-bond acceptors (Lipinski definition) is 24. The molecule has 15 rings (SSSR count). The minimum Gasteiger partial charge on any atom is -0.508 e. The molecular formula is C94H127ClIN11O20S2Si. The van der Waals surface area contributed by atoms with Crippen molar-refractivity contribution >= 4 is 143 Å². The molecule has 9 fully saturated rings. The second-order valence-electron chi connectivity index (χ2n) is 33.2. The summed E-state index contributed by atoms with van der Waals surface area (Å²) in [5, 5.41) is 32.8. The second-order valence-corrected chi connectivity index (χ2v) is 41.8. The number of isocyanates is 1. The summed E-state index contributed by atoms with van der Waals surface area (Å²) in [5.41, 5.74) is 10.2. The number of hydrogen-bond donors (Lipinski definition) is 4. The van der Waals surface area contributed by atoms with Gasteiger partial charge in [-0.2, -0.15) is 22.1 Å². The average molecular weight is 1990 g/mol. The van der Waals surface area contributed by atoms with E-state index in [0.29, 0.717) is 43.4 Å². The summed E-state index contributed by atoms with van der Waals surface area (Å²) in [6, 6.07) is 47.3. The molecule has 36 heteroatoms. The van der Waals surface area contributed by atoms with Gasteiger partial charge < -0.3 is 39.8 Å². The van der Waals surface area contributed by atoms with E-state index in [1.54, 1.807) is 93.6 Å². The van der Waals surface area contributed by atoms with E-state index in [4.69, 9.17) is 39.5 Å². The van der Waals surface area contributed by atoms with Crippen LogP contribution in [0, 0.1) is 28.2 Å². The van der Waals surface area contributed by atoms with Crippen LogP contribution in [0.4, 0.5) is 42.8 Å². The van der Waals surface area contributed by atoms with Crippen LogP contribution in [0.25, 0.3) is 0 Å². The van der Waals surface area contributed by atoms with Gasteiger partial charge >= 0.3 is 33.3 Å². The molecule has 9 amide bonds. The number of nitrogens with one attached hydrogen (secondary N) is 2. The van der Waals surface area contributed by atoms with Crippen molar-refractivity contribution in [2.24, 2.45) is 10.3 Å². The number of urea groups is 3. The van der Waals surface area contributed by atoms with Gasteiger partial charge in [0, 0.05) is 78.7 Å². The molecule has 0 aromatic heterocycles. The highest BCUT2D eigenvalue weighted by Crippen LogP contribution is 2.46. The van der Waals surface area contributed by atoms with Gasteiger partial charge in [-0.25, -0.2) is 24.4 Å². The number of ketones is 1. The SMILES string of the molecule is CC(=O)OCc1ccccc1.CI.CN1C(=O)N(c2ccc(O)cc2)C2(CCCCC2)C1=O.COc1ccc(N)cc1.COc1ccc(N2C(=O)N(C)C(=O)C23CCCCC3)cc1.COc1ccc(N2C(=O)NC(=O)C23CCCCC3)cc1.COc1ccc(NC2(C#N)CCCCC2)cc1.CS(=O)(=O)OCC1CCC1.C[Si](C)(C)C#N.O=C1CCCCC1.O=C=NS(=O)(=O)Cl. The molecule has 6 aromatic carbocycles. The van der Waals surface area contributed by atoms with Crippen LogP contribution in [-0.2, 0) is 63.6 Å². The molecule has 0 atom stereocenters. The Labute approximate surface area is 785 Å². The van der Waals surface area contributed by atoms with Gasteiger partial charge in [0.1, 0.15) is 63.3 Å². The molecule has 708 valence electrons. The number of likely N-dealkylation sites (N-methyl/N-ethyl adjacent to an activating group) is 2. The molecule has 6 aliphatic carbocycles. The highest BCUT2D eigenvalue weighted by atomic mass is 127. The van der Waals surface area contributed by atoms with E-state index in [-0.39, 0.29) is 53.1 Å². The van der Waals surface area contributed by atoms with E-state index < -0.39 is 44.0 Å². The number of methoxy groups -OCH3 is 4. The number of amides is 9. The lowest BCUT2D eigenvalue weighted by Crippen LogP contribution is -2.51. The molecule has 3 aliphatic heterocycles. The zero-order valence-corrected chi connectivity index (χ0v) is 82.2. The first-order valence-corrected chi connectivity index (χ1v) is 53.1. The number of halogens is 2. The van der Waals surface area contributed by atoms with E-state index in [1.165, 1.54) is 36.0 Å². The fraction of sp³-hybridized carbons (Fsp3) is 0.500. The molecular weight excluding hydrogens is 1860 g/mol. The number of rotatable bonds is 15. The molecule has 6 aromatic rings. The molecule has 0 radical (unpaired) electrons. The number of nitrogens with zero attached hydrogens (tertiary/aromatic N) is 8. The smallest absolute Gasteiger partial charge is 0.350 e. The predicted octanol–water partition coefficient (Wildman–Crippen LogP) is 18.6. The largest absolute Gasteiger partial charge is 0.508 e. The summed E-state index contributed by atoms with van der Waals surface area (Å²) in [6.07, 6.45) is 29.5. The Kier molecular flexibility index (Phi) is 45.8. The van der Waals surface area contributed by atoms with Crippen molar-refractivity contribution in [3.8, 4) is 40.5 Å². The van der Waals surface area contributed by atoms with Crippen LogP contribution >= 0.6 is 33.3 Å². The van der Waals surface area contributed by atoms with Crippen LogP contribution in [0.15, 0.2) is 156 Å². The van der Waals surface area contributed by atoms with Crippen molar-refractivity contribution in [2.45, 2.75) is 235 Å². The summed E-state index contributed by atoms with van der Waals surface area (Å²) in [4.78, 5) is 114. The number of phenols is 1. The number of nitrogens with two attached hydrogens (primary N) is 1. The molecule has 9 aliphatic rings. The van der Waals surface area contributed by atoms with Gasteiger partial charge in [-0.1, -0.05) is 167 Å². The van der Waals surface area contributed by atoms with Crippen molar-refractivity contribution in [3.05, 3.63) is 157 Å². The Morgan fingerprint density at radius 2 is 0.931 bits per heavy atom. The summed E-state index contributed by atoms with van der Waals surface area (Å²) < 4.78 is 71.9. The third kappa shape index (κ3) is 34.2. The van der Waals surface area contributed by atoms with Crippen LogP contribution in [0.5, 0.6) is 28.7 Å². The predicted molar refractivity (Wildman–Crippen MR) is 514 cm³/mol. The first kappa shape index (κ1) is 110. The summed E-state index contributed by atoms with van der Waals surface area (Å²) in [5.74, 6) is 3.69. The molecule has 3 spiro atoms. The van der Waals surface area contributed by atoms with Gasteiger partial charge in [-0.05, 0) is 215 Å². The Morgan fingerprint density at radius 3 is 1.26 bits per heavy atom. The van der Waals surface area contributed by atoms with E-state index >= 15 is 0 Å². The fourth-order valence-electron chi connectivity index (χ4n) is 15.7. The zero-order valence-electron chi connectivity index (χ0n) is 76.7. The average Bonchev–Trinajstić information content (AvgIpc) is 1.61. The number of nitriles is 2. The Balaban J connectivity index is 0.000000262. The van der Waals surface area contributed by atoms with Crippen LogP contribution in [-0.4, -0.2) is 176 Å². The van der Waals surface area contributed by atoms with Crippen LogP contribution in [0.1, 0.15) is 192 Å². The van der Waals surface area contributed by atoms with Gasteiger partial charge in [-0.3, -0.25) is 58.0 Å². The number of carbonyl (C=O) groups excluding carboxylic acids is 9. The molecule has 0 unspecified atom stereocenters.